The van der Waals surface area contributed by atoms with Gasteiger partial charge in [-0.25, -0.2) is 13.1 Å². The largest absolute Gasteiger partial charge is 0.391 e. The molecule has 1 aromatic rings. The van der Waals surface area contributed by atoms with Crippen molar-refractivity contribution in [3.63, 3.8) is 0 Å². The van der Waals surface area contributed by atoms with Crippen molar-refractivity contribution in [3.05, 3.63) is 24.3 Å². The van der Waals surface area contributed by atoms with Crippen LogP contribution in [0.2, 0.25) is 0 Å². The minimum atomic E-state index is -4.29. The van der Waals surface area contributed by atoms with Gasteiger partial charge in [0.05, 0.1) is 17.4 Å². The van der Waals surface area contributed by atoms with Gasteiger partial charge in [0.2, 0.25) is 15.9 Å². The molecule has 1 aromatic carbocycles. The van der Waals surface area contributed by atoms with Crippen molar-refractivity contribution >= 4 is 21.6 Å². The molecule has 0 heterocycles. The first-order chi connectivity index (χ1) is 13.0. The number of nitrogens with one attached hydrogen (secondary N) is 2. The minimum Gasteiger partial charge on any atom is -0.383 e. The average molecular weight is 422 g/mol. The Balaban J connectivity index is 1.99. The Kier molecular flexibility index (Phi) is 7.46. The maximum Gasteiger partial charge on any atom is 0.391 e. The number of hydrogen-bond donors (Lipinski definition) is 2. The third-order valence-electron chi connectivity index (χ3n) is 4.71. The van der Waals surface area contributed by atoms with Gasteiger partial charge in [0, 0.05) is 24.8 Å². The van der Waals surface area contributed by atoms with Crippen molar-refractivity contribution in [2.24, 2.45) is 11.8 Å². The van der Waals surface area contributed by atoms with Crippen molar-refractivity contribution in [1.29, 1.82) is 0 Å². The number of hydrogen-bond acceptors (Lipinski definition) is 4. The van der Waals surface area contributed by atoms with E-state index < -0.39 is 40.0 Å². The number of methoxy groups -OCH3 is 1. The van der Waals surface area contributed by atoms with Gasteiger partial charge in [-0.2, -0.15) is 13.2 Å². The Hall–Kier alpha value is -1.65. The Morgan fingerprint density at radius 1 is 1.25 bits per heavy atom. The van der Waals surface area contributed by atoms with Gasteiger partial charge in [0.15, 0.2) is 0 Å². The zero-order valence-electron chi connectivity index (χ0n) is 15.8. The zero-order valence-corrected chi connectivity index (χ0v) is 16.6. The van der Waals surface area contributed by atoms with Crippen molar-refractivity contribution in [3.8, 4) is 0 Å². The van der Waals surface area contributed by atoms with Gasteiger partial charge in [0.25, 0.3) is 0 Å². The first-order valence-corrected chi connectivity index (χ1v) is 10.5. The second kappa shape index (κ2) is 9.23. The molecule has 1 fully saturated rings. The number of carbonyl (C=O) groups excluding carboxylic acids is 1. The van der Waals surface area contributed by atoms with Gasteiger partial charge in [-0.15, -0.1) is 0 Å². The lowest BCUT2D eigenvalue weighted by Gasteiger charge is -2.29. The van der Waals surface area contributed by atoms with Crippen LogP contribution in [-0.2, 0) is 19.6 Å². The number of rotatable bonds is 7. The van der Waals surface area contributed by atoms with Gasteiger partial charge in [-0.3, -0.25) is 4.79 Å². The predicted molar refractivity (Wildman–Crippen MR) is 98.2 cm³/mol. The summed E-state index contributed by atoms with van der Waals surface area (Å²) < 4.78 is 70.6. The lowest BCUT2D eigenvalue weighted by atomic mass is 9.80. The van der Waals surface area contributed by atoms with E-state index in [0.717, 1.165) is 0 Å². The minimum absolute atomic E-state index is 0.0169. The molecule has 0 aliphatic heterocycles. The van der Waals surface area contributed by atoms with Gasteiger partial charge in [0.1, 0.15) is 0 Å². The Morgan fingerprint density at radius 3 is 2.46 bits per heavy atom. The van der Waals surface area contributed by atoms with Crippen LogP contribution in [0.25, 0.3) is 0 Å². The topological polar surface area (TPSA) is 84.5 Å². The molecule has 1 saturated carbocycles. The Labute approximate surface area is 162 Å². The maximum atomic E-state index is 12.9. The summed E-state index contributed by atoms with van der Waals surface area (Å²) in [5.41, 5.74) is 0.336. The summed E-state index contributed by atoms with van der Waals surface area (Å²) in [5.74, 6) is -2.64. The highest BCUT2D eigenvalue weighted by Crippen LogP contribution is 2.40. The highest BCUT2D eigenvalue weighted by molar-refractivity contribution is 7.89. The monoisotopic (exact) mass is 422 g/mol. The molecular formula is C18H25F3N2O4S. The number of carbonyl (C=O) groups is 1. The third-order valence-corrected chi connectivity index (χ3v) is 6.32. The lowest BCUT2D eigenvalue weighted by Crippen LogP contribution is -2.35. The normalized spacial score (nSPS) is 21.9. The Morgan fingerprint density at radius 2 is 1.89 bits per heavy atom. The van der Waals surface area contributed by atoms with Gasteiger partial charge >= 0.3 is 6.18 Å². The van der Waals surface area contributed by atoms with Crippen LogP contribution in [0.3, 0.4) is 0 Å². The van der Waals surface area contributed by atoms with E-state index in [1.54, 1.807) is 6.92 Å². The molecule has 0 aromatic heterocycles. The molecule has 1 aliphatic rings. The number of ether oxygens (including phenoxy) is 1. The fourth-order valence-electron chi connectivity index (χ4n) is 3.30. The lowest BCUT2D eigenvalue weighted by molar-refractivity contribution is -0.185. The smallest absolute Gasteiger partial charge is 0.383 e. The zero-order chi connectivity index (χ0) is 20.9. The van der Waals surface area contributed by atoms with Crippen LogP contribution in [0.1, 0.15) is 32.6 Å². The van der Waals surface area contributed by atoms with E-state index in [1.807, 2.05) is 0 Å². The predicted octanol–water partition coefficient (Wildman–Crippen LogP) is 3.31. The van der Waals surface area contributed by atoms with E-state index in [2.05, 4.69) is 10.0 Å². The summed E-state index contributed by atoms with van der Waals surface area (Å²) in [5, 5.41) is 2.58. The Bertz CT molecular complexity index is 766. The number of sulfonamides is 1. The highest BCUT2D eigenvalue weighted by Gasteiger charge is 2.43. The molecule has 1 amide bonds. The summed E-state index contributed by atoms with van der Waals surface area (Å²) in [4.78, 5) is 12.3. The van der Waals surface area contributed by atoms with Crippen LogP contribution in [0.4, 0.5) is 18.9 Å². The molecule has 0 spiro atoms. The summed E-state index contributed by atoms with van der Waals surface area (Å²) in [7, 11) is -2.27. The van der Waals surface area contributed by atoms with Crippen molar-refractivity contribution < 1.29 is 31.1 Å². The first kappa shape index (κ1) is 22.6. The van der Waals surface area contributed by atoms with E-state index in [0.29, 0.717) is 18.5 Å². The second-order valence-electron chi connectivity index (χ2n) is 7.09. The highest BCUT2D eigenvalue weighted by atomic mass is 32.2. The fourth-order valence-corrected chi connectivity index (χ4v) is 4.53. The van der Waals surface area contributed by atoms with E-state index in [9.17, 15) is 26.4 Å². The van der Waals surface area contributed by atoms with Crippen LogP contribution in [0.5, 0.6) is 0 Å². The van der Waals surface area contributed by atoms with Crippen molar-refractivity contribution in [2.75, 3.05) is 19.0 Å². The number of anilines is 1. The standard InChI is InChI=1S/C18H25F3N2O4S/c1-12(11-27-2)23-28(25,26)16-8-6-15(7-9-16)22-17(24)13-4-3-5-14(10-13)18(19,20)21/h6-9,12-14,23H,3-5,10-11H2,1-2H3,(H,22,24). The van der Waals surface area contributed by atoms with E-state index in [1.165, 1.54) is 31.4 Å². The number of benzene rings is 1. The molecule has 2 rings (SSSR count). The SMILES string of the molecule is COCC(C)NS(=O)(=O)c1ccc(NC(=O)C2CCCC(C(F)(F)F)C2)cc1. The van der Waals surface area contributed by atoms with Crippen molar-refractivity contribution in [2.45, 2.75) is 49.7 Å². The quantitative estimate of drug-likeness (QED) is 0.706. The number of halogens is 3. The molecule has 6 nitrogen and oxygen atoms in total. The summed E-state index contributed by atoms with van der Waals surface area (Å²) >= 11 is 0. The fraction of sp³-hybridized carbons (Fsp3) is 0.611. The van der Waals surface area contributed by atoms with Crippen LogP contribution in [-0.4, -0.2) is 40.3 Å². The molecule has 1 aliphatic carbocycles. The van der Waals surface area contributed by atoms with Gasteiger partial charge in [-0.05, 0) is 50.5 Å². The van der Waals surface area contributed by atoms with E-state index in [-0.39, 0.29) is 24.3 Å². The molecule has 3 unspecified atom stereocenters. The van der Waals surface area contributed by atoms with Crippen LogP contribution >= 0.6 is 0 Å². The summed E-state index contributed by atoms with van der Waals surface area (Å²) in [6.45, 7) is 1.88. The molecule has 3 atom stereocenters. The molecule has 10 heteroatoms. The van der Waals surface area contributed by atoms with Gasteiger partial charge < -0.3 is 10.1 Å². The molecule has 0 radical (unpaired) electrons. The molecule has 0 bridgehead atoms. The van der Waals surface area contributed by atoms with E-state index in [4.69, 9.17) is 4.74 Å². The molecule has 158 valence electrons. The summed E-state index contributed by atoms with van der Waals surface area (Å²) in [6.07, 6.45) is -3.70. The maximum absolute atomic E-state index is 12.9. The first-order valence-electron chi connectivity index (χ1n) is 9.02. The van der Waals surface area contributed by atoms with Gasteiger partial charge in [-0.1, -0.05) is 6.42 Å². The van der Waals surface area contributed by atoms with E-state index >= 15 is 0 Å². The van der Waals surface area contributed by atoms with Crippen molar-refractivity contribution in [1.82, 2.24) is 4.72 Å². The van der Waals surface area contributed by atoms with Crippen LogP contribution in [0.15, 0.2) is 29.2 Å². The molecule has 0 saturated heterocycles. The molecule has 28 heavy (non-hydrogen) atoms. The molecular weight excluding hydrogens is 397 g/mol. The second-order valence-corrected chi connectivity index (χ2v) is 8.81. The summed E-state index contributed by atoms with van der Waals surface area (Å²) in [6, 6.07) is 5.07. The van der Waals surface area contributed by atoms with Crippen LogP contribution in [0, 0.1) is 11.8 Å². The molecule has 2 N–H and O–H groups in total. The number of amides is 1. The number of alkyl halides is 3. The van der Waals surface area contributed by atoms with Crippen LogP contribution < -0.4 is 10.0 Å². The average Bonchev–Trinajstić information content (AvgIpc) is 2.61. The third kappa shape index (κ3) is 6.18.